The number of nitrogens with zero attached hydrogens (tertiary/aromatic N) is 1. The number of rotatable bonds is 4. The highest BCUT2D eigenvalue weighted by atomic mass is 32.2. The standard InChI is InChI=1S/C16H20N2O4S2/c1-23-14-4-2-13(3-5-14)18-9-11(8-15(18)19)16(20)17-12-6-7-24(21,22)10-12/h2-5,11-12H,6-10H2,1H3,(H,17,20)/t11-,12-/m1/s1. The summed E-state index contributed by atoms with van der Waals surface area (Å²) < 4.78 is 22.9. The van der Waals surface area contributed by atoms with Crippen molar-refractivity contribution >= 4 is 39.1 Å². The van der Waals surface area contributed by atoms with Crippen molar-refractivity contribution in [3.8, 4) is 0 Å². The summed E-state index contributed by atoms with van der Waals surface area (Å²) in [6.45, 7) is 0.336. The first kappa shape index (κ1) is 17.3. The Labute approximate surface area is 145 Å². The van der Waals surface area contributed by atoms with Gasteiger partial charge in [-0.3, -0.25) is 9.59 Å². The summed E-state index contributed by atoms with van der Waals surface area (Å²) in [6.07, 6.45) is 2.60. The summed E-state index contributed by atoms with van der Waals surface area (Å²) in [4.78, 5) is 27.3. The number of nitrogens with one attached hydrogen (secondary N) is 1. The van der Waals surface area contributed by atoms with Gasteiger partial charge in [0.1, 0.15) is 0 Å². The summed E-state index contributed by atoms with van der Waals surface area (Å²) in [5, 5.41) is 2.79. The Morgan fingerprint density at radius 1 is 1.29 bits per heavy atom. The van der Waals surface area contributed by atoms with E-state index in [2.05, 4.69) is 5.32 Å². The molecular weight excluding hydrogens is 348 g/mol. The molecule has 0 spiro atoms. The van der Waals surface area contributed by atoms with Gasteiger partial charge in [0.25, 0.3) is 0 Å². The van der Waals surface area contributed by atoms with Crippen LogP contribution in [0.5, 0.6) is 0 Å². The van der Waals surface area contributed by atoms with E-state index in [-0.39, 0.29) is 35.8 Å². The molecular formula is C16H20N2O4S2. The molecule has 2 aliphatic rings. The molecule has 0 unspecified atom stereocenters. The number of carbonyl (C=O) groups excluding carboxylic acids is 2. The zero-order chi connectivity index (χ0) is 17.3. The zero-order valence-corrected chi connectivity index (χ0v) is 15.0. The molecule has 130 valence electrons. The zero-order valence-electron chi connectivity index (χ0n) is 13.4. The monoisotopic (exact) mass is 368 g/mol. The molecule has 2 aliphatic heterocycles. The molecule has 1 N–H and O–H groups in total. The van der Waals surface area contributed by atoms with E-state index in [1.165, 1.54) is 0 Å². The van der Waals surface area contributed by atoms with Gasteiger partial charge in [-0.15, -0.1) is 11.8 Å². The minimum atomic E-state index is -3.03. The lowest BCUT2D eigenvalue weighted by molar-refractivity contribution is -0.126. The van der Waals surface area contributed by atoms with E-state index >= 15 is 0 Å². The Hall–Kier alpha value is -1.54. The summed E-state index contributed by atoms with van der Waals surface area (Å²) in [6, 6.07) is 7.34. The minimum Gasteiger partial charge on any atom is -0.352 e. The Bertz CT molecular complexity index is 746. The van der Waals surface area contributed by atoms with Gasteiger partial charge in [-0.05, 0) is 36.9 Å². The predicted molar refractivity (Wildman–Crippen MR) is 93.9 cm³/mol. The van der Waals surface area contributed by atoms with Crippen molar-refractivity contribution in [1.29, 1.82) is 0 Å². The van der Waals surface area contributed by atoms with E-state index in [1.54, 1.807) is 16.7 Å². The quantitative estimate of drug-likeness (QED) is 0.804. The lowest BCUT2D eigenvalue weighted by Crippen LogP contribution is -2.40. The number of amides is 2. The van der Waals surface area contributed by atoms with Gasteiger partial charge in [0.2, 0.25) is 11.8 Å². The molecule has 3 rings (SSSR count). The Kier molecular flexibility index (Phi) is 4.87. The first-order valence-corrected chi connectivity index (χ1v) is 10.9. The lowest BCUT2D eigenvalue weighted by atomic mass is 10.1. The van der Waals surface area contributed by atoms with Crippen molar-refractivity contribution < 1.29 is 18.0 Å². The Balaban J connectivity index is 1.62. The highest BCUT2D eigenvalue weighted by Gasteiger charge is 2.37. The second-order valence-electron chi connectivity index (χ2n) is 6.21. The third-order valence-corrected chi connectivity index (χ3v) is 6.97. The van der Waals surface area contributed by atoms with Crippen LogP contribution in [0.4, 0.5) is 5.69 Å². The van der Waals surface area contributed by atoms with Crippen LogP contribution in [0.25, 0.3) is 0 Å². The molecule has 2 amide bonds. The van der Waals surface area contributed by atoms with E-state index < -0.39 is 15.8 Å². The maximum atomic E-state index is 12.3. The van der Waals surface area contributed by atoms with Gasteiger partial charge >= 0.3 is 0 Å². The second-order valence-corrected chi connectivity index (χ2v) is 9.32. The van der Waals surface area contributed by atoms with E-state index in [9.17, 15) is 18.0 Å². The van der Waals surface area contributed by atoms with Crippen molar-refractivity contribution in [1.82, 2.24) is 5.32 Å². The third-order valence-electron chi connectivity index (χ3n) is 4.46. The molecule has 6 nitrogen and oxygen atoms in total. The normalized spacial score (nSPS) is 25.9. The third kappa shape index (κ3) is 3.75. The van der Waals surface area contributed by atoms with Crippen LogP contribution in [-0.4, -0.2) is 50.6 Å². The smallest absolute Gasteiger partial charge is 0.227 e. The number of carbonyl (C=O) groups is 2. The molecule has 0 saturated carbocycles. The van der Waals surface area contributed by atoms with Crippen LogP contribution in [0, 0.1) is 5.92 Å². The Morgan fingerprint density at radius 2 is 2.00 bits per heavy atom. The van der Waals surface area contributed by atoms with Crippen molar-refractivity contribution in [3.05, 3.63) is 24.3 Å². The molecule has 1 aromatic carbocycles. The Morgan fingerprint density at radius 3 is 2.58 bits per heavy atom. The summed E-state index contributed by atoms with van der Waals surface area (Å²) in [5.74, 6) is -0.616. The number of thioether (sulfide) groups is 1. The number of benzene rings is 1. The van der Waals surface area contributed by atoms with Crippen LogP contribution < -0.4 is 10.2 Å². The predicted octanol–water partition coefficient (Wildman–Crippen LogP) is 1.06. The van der Waals surface area contributed by atoms with Crippen LogP contribution in [0.1, 0.15) is 12.8 Å². The van der Waals surface area contributed by atoms with E-state index in [0.29, 0.717) is 13.0 Å². The first-order chi connectivity index (χ1) is 11.4. The lowest BCUT2D eigenvalue weighted by Gasteiger charge is -2.18. The fraction of sp³-hybridized carbons (Fsp3) is 0.500. The van der Waals surface area contributed by atoms with Crippen molar-refractivity contribution in [2.75, 3.05) is 29.2 Å². The van der Waals surface area contributed by atoms with Crippen LogP contribution in [0.3, 0.4) is 0 Å². The molecule has 0 aromatic heterocycles. The minimum absolute atomic E-state index is 0.000727. The van der Waals surface area contributed by atoms with Gasteiger partial charge in [0.15, 0.2) is 9.84 Å². The average Bonchev–Trinajstić information content (AvgIpc) is 3.10. The topological polar surface area (TPSA) is 83.6 Å². The van der Waals surface area contributed by atoms with E-state index in [4.69, 9.17) is 0 Å². The number of hydrogen-bond acceptors (Lipinski definition) is 5. The summed E-state index contributed by atoms with van der Waals surface area (Å²) in [5.41, 5.74) is 0.788. The van der Waals surface area contributed by atoms with Crippen LogP contribution in [-0.2, 0) is 19.4 Å². The molecule has 1 aromatic rings. The van der Waals surface area contributed by atoms with Crippen LogP contribution >= 0.6 is 11.8 Å². The van der Waals surface area contributed by atoms with Crippen molar-refractivity contribution in [3.63, 3.8) is 0 Å². The van der Waals surface area contributed by atoms with Gasteiger partial charge in [0, 0.05) is 29.6 Å². The van der Waals surface area contributed by atoms with Gasteiger partial charge in [-0.2, -0.15) is 0 Å². The van der Waals surface area contributed by atoms with Crippen molar-refractivity contribution in [2.45, 2.75) is 23.8 Å². The molecule has 24 heavy (non-hydrogen) atoms. The summed E-state index contributed by atoms with van der Waals surface area (Å²) >= 11 is 1.63. The fourth-order valence-electron chi connectivity index (χ4n) is 3.12. The molecule has 2 atom stereocenters. The SMILES string of the molecule is CSc1ccc(N2C[C@H](C(=O)N[C@@H]3CCS(=O)(=O)C3)CC2=O)cc1. The highest BCUT2D eigenvalue weighted by Crippen LogP contribution is 2.27. The largest absolute Gasteiger partial charge is 0.352 e. The highest BCUT2D eigenvalue weighted by molar-refractivity contribution is 7.98. The van der Waals surface area contributed by atoms with Gasteiger partial charge in [-0.25, -0.2) is 8.42 Å². The van der Waals surface area contributed by atoms with Crippen LogP contribution in [0.2, 0.25) is 0 Å². The molecule has 2 fully saturated rings. The molecule has 0 aliphatic carbocycles. The average molecular weight is 368 g/mol. The first-order valence-electron chi connectivity index (χ1n) is 7.83. The van der Waals surface area contributed by atoms with Gasteiger partial charge in [-0.1, -0.05) is 0 Å². The van der Waals surface area contributed by atoms with E-state index in [1.807, 2.05) is 30.5 Å². The number of anilines is 1. The van der Waals surface area contributed by atoms with Crippen molar-refractivity contribution in [2.24, 2.45) is 5.92 Å². The van der Waals surface area contributed by atoms with Gasteiger partial charge < -0.3 is 10.2 Å². The molecule has 0 bridgehead atoms. The van der Waals surface area contributed by atoms with E-state index in [0.717, 1.165) is 10.6 Å². The fourth-order valence-corrected chi connectivity index (χ4v) is 5.20. The maximum absolute atomic E-state index is 12.3. The number of hydrogen-bond donors (Lipinski definition) is 1. The number of sulfone groups is 1. The van der Waals surface area contributed by atoms with Gasteiger partial charge in [0.05, 0.1) is 17.4 Å². The van der Waals surface area contributed by atoms with Crippen LogP contribution in [0.15, 0.2) is 29.2 Å². The molecule has 2 saturated heterocycles. The maximum Gasteiger partial charge on any atom is 0.227 e. The second kappa shape index (κ2) is 6.76. The molecule has 8 heteroatoms. The molecule has 2 heterocycles. The summed E-state index contributed by atoms with van der Waals surface area (Å²) in [7, 11) is -3.03. The molecule has 0 radical (unpaired) electrons.